The number of ether oxygens (including phenoxy) is 1. The third-order valence-corrected chi connectivity index (χ3v) is 5.77. The Bertz CT molecular complexity index is 817. The Labute approximate surface area is 162 Å². The van der Waals surface area contributed by atoms with Crippen LogP contribution in [0.4, 0.5) is 5.69 Å². The molecule has 0 aliphatic heterocycles. The molecule has 6 nitrogen and oxygen atoms in total. The Kier molecular flexibility index (Phi) is 7.24. The van der Waals surface area contributed by atoms with Crippen molar-refractivity contribution in [3.63, 3.8) is 0 Å². The molecular formula is C20H29N3O3S. The number of nitrogens with one attached hydrogen (secondary N) is 1. The summed E-state index contributed by atoms with van der Waals surface area (Å²) in [7, 11) is 4.27. The average molecular weight is 392 g/mol. The second-order valence-electron chi connectivity index (χ2n) is 6.72. The van der Waals surface area contributed by atoms with Crippen molar-refractivity contribution in [2.45, 2.75) is 17.9 Å². The standard InChI is InChI=1S/C20H29N3O3S/c1-6-26-18-11-13-19(14-12-18)27(24,25)21-15-20(23(4)5)16-7-9-17(10-8-16)22(2)3/h7-14,20-21H,6,15H2,1-5H3/t20-/m0/s1. The summed E-state index contributed by atoms with van der Waals surface area (Å²) in [5.74, 6) is 0.656. The first-order chi connectivity index (χ1) is 12.7. The van der Waals surface area contributed by atoms with E-state index in [1.54, 1.807) is 24.3 Å². The summed E-state index contributed by atoms with van der Waals surface area (Å²) in [4.78, 5) is 4.26. The molecule has 0 radical (unpaired) electrons. The highest BCUT2D eigenvalue weighted by atomic mass is 32.2. The molecule has 0 spiro atoms. The highest BCUT2D eigenvalue weighted by molar-refractivity contribution is 7.89. The molecule has 7 heteroatoms. The maximum atomic E-state index is 12.6. The Hall–Kier alpha value is -2.09. The highest BCUT2D eigenvalue weighted by Gasteiger charge is 2.20. The Morgan fingerprint density at radius 2 is 1.56 bits per heavy atom. The van der Waals surface area contributed by atoms with E-state index in [4.69, 9.17) is 4.74 Å². The van der Waals surface area contributed by atoms with E-state index >= 15 is 0 Å². The van der Waals surface area contributed by atoms with Crippen molar-refractivity contribution >= 4 is 15.7 Å². The minimum absolute atomic E-state index is 0.0707. The van der Waals surface area contributed by atoms with Gasteiger partial charge in [0.05, 0.1) is 11.5 Å². The van der Waals surface area contributed by atoms with Gasteiger partial charge in [-0.25, -0.2) is 13.1 Å². The molecule has 0 aromatic heterocycles. The highest BCUT2D eigenvalue weighted by Crippen LogP contribution is 2.22. The van der Waals surface area contributed by atoms with Gasteiger partial charge in [0.15, 0.2) is 0 Å². The monoisotopic (exact) mass is 391 g/mol. The van der Waals surface area contributed by atoms with Gasteiger partial charge in [-0.1, -0.05) is 12.1 Å². The van der Waals surface area contributed by atoms with Crippen molar-refractivity contribution in [2.24, 2.45) is 0 Å². The minimum atomic E-state index is -3.59. The molecule has 27 heavy (non-hydrogen) atoms. The first-order valence-corrected chi connectivity index (χ1v) is 10.4. The van der Waals surface area contributed by atoms with Crippen LogP contribution in [0.2, 0.25) is 0 Å². The van der Waals surface area contributed by atoms with Gasteiger partial charge >= 0.3 is 0 Å². The fourth-order valence-corrected chi connectivity index (χ4v) is 3.79. The number of hydrogen-bond acceptors (Lipinski definition) is 5. The third-order valence-electron chi connectivity index (χ3n) is 4.33. The van der Waals surface area contributed by atoms with Crippen molar-refractivity contribution in [1.82, 2.24) is 9.62 Å². The van der Waals surface area contributed by atoms with Gasteiger partial charge < -0.3 is 14.5 Å². The average Bonchev–Trinajstić information content (AvgIpc) is 2.62. The van der Waals surface area contributed by atoms with Gasteiger partial charge in [0.2, 0.25) is 10.0 Å². The van der Waals surface area contributed by atoms with Crippen molar-refractivity contribution in [1.29, 1.82) is 0 Å². The molecule has 2 aromatic rings. The lowest BCUT2D eigenvalue weighted by atomic mass is 10.1. The first-order valence-electron chi connectivity index (χ1n) is 8.91. The second kappa shape index (κ2) is 9.21. The van der Waals surface area contributed by atoms with Gasteiger partial charge in [0.25, 0.3) is 0 Å². The number of likely N-dealkylation sites (N-methyl/N-ethyl adjacent to an activating group) is 1. The molecule has 1 atom stereocenters. The minimum Gasteiger partial charge on any atom is -0.494 e. The second-order valence-corrected chi connectivity index (χ2v) is 8.49. The quantitative estimate of drug-likeness (QED) is 0.712. The van der Waals surface area contributed by atoms with Crippen LogP contribution >= 0.6 is 0 Å². The SMILES string of the molecule is CCOc1ccc(S(=O)(=O)NC[C@@H](c2ccc(N(C)C)cc2)N(C)C)cc1. The fraction of sp³-hybridized carbons (Fsp3) is 0.400. The molecule has 2 rings (SSSR count). The zero-order valence-electron chi connectivity index (χ0n) is 16.6. The summed E-state index contributed by atoms with van der Waals surface area (Å²) in [5.41, 5.74) is 2.16. The topological polar surface area (TPSA) is 61.9 Å². The largest absolute Gasteiger partial charge is 0.494 e. The molecule has 148 valence electrons. The predicted molar refractivity (Wildman–Crippen MR) is 110 cm³/mol. The molecule has 0 saturated heterocycles. The summed E-state index contributed by atoms with van der Waals surface area (Å²) >= 11 is 0. The molecular weight excluding hydrogens is 362 g/mol. The third kappa shape index (κ3) is 5.69. The van der Waals surface area contributed by atoms with E-state index in [9.17, 15) is 8.42 Å². The van der Waals surface area contributed by atoms with Gasteiger partial charge in [-0.05, 0) is 63.0 Å². The van der Waals surface area contributed by atoms with E-state index in [1.165, 1.54) is 0 Å². The zero-order valence-corrected chi connectivity index (χ0v) is 17.5. The van der Waals surface area contributed by atoms with Crippen LogP contribution in [-0.2, 0) is 10.0 Å². The van der Waals surface area contributed by atoms with Gasteiger partial charge in [-0.3, -0.25) is 0 Å². The summed E-state index contributed by atoms with van der Waals surface area (Å²) in [6.07, 6.45) is 0. The molecule has 0 fully saturated rings. The molecule has 0 bridgehead atoms. The Morgan fingerprint density at radius 3 is 2.04 bits per heavy atom. The maximum Gasteiger partial charge on any atom is 0.240 e. The molecule has 0 unspecified atom stereocenters. The number of benzene rings is 2. The zero-order chi connectivity index (χ0) is 20.0. The molecule has 0 aliphatic rings. The van der Waals surface area contributed by atoms with Crippen molar-refractivity contribution < 1.29 is 13.2 Å². The molecule has 2 aromatic carbocycles. The van der Waals surface area contributed by atoms with Crippen LogP contribution in [0.1, 0.15) is 18.5 Å². The summed E-state index contributed by atoms with van der Waals surface area (Å²) < 4.78 is 33.3. The van der Waals surface area contributed by atoms with E-state index in [0.29, 0.717) is 12.4 Å². The van der Waals surface area contributed by atoms with Crippen LogP contribution in [0.15, 0.2) is 53.4 Å². The van der Waals surface area contributed by atoms with E-state index < -0.39 is 10.0 Å². The van der Waals surface area contributed by atoms with Crippen molar-refractivity contribution in [2.75, 3.05) is 46.2 Å². The van der Waals surface area contributed by atoms with Gasteiger partial charge in [-0.15, -0.1) is 0 Å². The summed E-state index contributed by atoms with van der Waals surface area (Å²) in [6.45, 7) is 2.71. The van der Waals surface area contributed by atoms with Crippen molar-refractivity contribution in [3.05, 3.63) is 54.1 Å². The number of anilines is 1. The van der Waals surface area contributed by atoms with Crippen LogP contribution in [0.3, 0.4) is 0 Å². The first kappa shape index (κ1) is 21.2. The lowest BCUT2D eigenvalue weighted by Crippen LogP contribution is -2.34. The van der Waals surface area contributed by atoms with Crippen LogP contribution in [0.5, 0.6) is 5.75 Å². The smallest absolute Gasteiger partial charge is 0.240 e. The summed E-state index contributed by atoms with van der Waals surface area (Å²) in [5, 5.41) is 0. The van der Waals surface area contributed by atoms with Gasteiger partial charge in [0, 0.05) is 32.4 Å². The molecule has 0 saturated carbocycles. The van der Waals surface area contributed by atoms with E-state index in [-0.39, 0.29) is 17.5 Å². The number of nitrogens with zero attached hydrogens (tertiary/aromatic N) is 2. The fourth-order valence-electron chi connectivity index (χ4n) is 2.75. The van der Waals surface area contributed by atoms with Crippen molar-refractivity contribution in [3.8, 4) is 5.75 Å². The maximum absolute atomic E-state index is 12.6. The molecule has 0 aliphatic carbocycles. The van der Waals surface area contributed by atoms with E-state index in [0.717, 1.165) is 11.3 Å². The lowest BCUT2D eigenvalue weighted by molar-refractivity contribution is 0.299. The normalized spacial score (nSPS) is 12.8. The van der Waals surface area contributed by atoms with Crippen LogP contribution in [0, 0.1) is 0 Å². The number of sulfonamides is 1. The lowest BCUT2D eigenvalue weighted by Gasteiger charge is -2.25. The van der Waals surface area contributed by atoms with Crippen LogP contribution in [-0.4, -0.2) is 54.7 Å². The molecule has 1 N–H and O–H groups in total. The summed E-state index contributed by atoms with van der Waals surface area (Å²) in [6, 6.07) is 14.5. The van der Waals surface area contributed by atoms with Gasteiger partial charge in [0.1, 0.15) is 5.75 Å². The van der Waals surface area contributed by atoms with Crippen LogP contribution < -0.4 is 14.4 Å². The Morgan fingerprint density at radius 1 is 0.963 bits per heavy atom. The van der Waals surface area contributed by atoms with E-state index in [1.807, 2.05) is 69.2 Å². The number of hydrogen-bond donors (Lipinski definition) is 1. The number of rotatable bonds is 9. The van der Waals surface area contributed by atoms with E-state index in [2.05, 4.69) is 4.72 Å². The van der Waals surface area contributed by atoms with Gasteiger partial charge in [-0.2, -0.15) is 0 Å². The Balaban J connectivity index is 2.12. The molecule has 0 heterocycles. The molecule has 0 amide bonds. The van der Waals surface area contributed by atoms with Crippen LogP contribution in [0.25, 0.3) is 0 Å². The predicted octanol–water partition coefficient (Wildman–Crippen LogP) is 2.73.